The van der Waals surface area contributed by atoms with Gasteiger partial charge in [-0.1, -0.05) is 12.1 Å². The van der Waals surface area contributed by atoms with Gasteiger partial charge < -0.3 is 0 Å². The van der Waals surface area contributed by atoms with E-state index >= 15 is 0 Å². The Balaban J connectivity index is 2.49. The van der Waals surface area contributed by atoms with Gasteiger partial charge in [0.1, 0.15) is 0 Å². The summed E-state index contributed by atoms with van der Waals surface area (Å²) in [6, 6.07) is 9.12. The van der Waals surface area contributed by atoms with Crippen molar-refractivity contribution in [1.29, 1.82) is 0 Å². The van der Waals surface area contributed by atoms with Crippen LogP contribution < -0.4 is 4.31 Å². The van der Waals surface area contributed by atoms with Gasteiger partial charge >= 0.3 is 10.2 Å². The molecule has 0 aliphatic carbocycles. The highest BCUT2D eigenvalue weighted by Crippen LogP contribution is 2.30. The summed E-state index contributed by atoms with van der Waals surface area (Å²) in [6.07, 6.45) is 0. The van der Waals surface area contributed by atoms with Gasteiger partial charge in [0.15, 0.2) is 0 Å². The van der Waals surface area contributed by atoms with Crippen LogP contribution in [0.5, 0.6) is 0 Å². The number of aryl methyl sites for hydroxylation is 2. The number of hydrogen-bond donors (Lipinski definition) is 0. The summed E-state index contributed by atoms with van der Waals surface area (Å²) in [7, 11) is 1.24. The molecule has 22 heavy (non-hydrogen) atoms. The molecule has 0 atom stereocenters. The lowest BCUT2D eigenvalue weighted by Gasteiger charge is -2.27. The summed E-state index contributed by atoms with van der Waals surface area (Å²) in [4.78, 5) is 0. The third-order valence-electron chi connectivity index (χ3n) is 3.33. The second-order valence-electron chi connectivity index (χ2n) is 5.15. The van der Waals surface area contributed by atoms with Crippen molar-refractivity contribution < 1.29 is 8.42 Å². The Morgan fingerprint density at radius 3 is 2.41 bits per heavy atom. The number of aromatic nitrogens is 2. The molecular weight excluding hydrogens is 368 g/mol. The van der Waals surface area contributed by atoms with Crippen LogP contribution in [0, 0.1) is 6.92 Å². The van der Waals surface area contributed by atoms with Crippen LogP contribution in [0.4, 0.5) is 5.69 Å². The molecule has 0 fully saturated rings. The van der Waals surface area contributed by atoms with Crippen LogP contribution in [0.1, 0.15) is 11.4 Å². The number of anilines is 1. The minimum Gasteiger partial charge on any atom is -0.273 e. The molecule has 2 aromatic rings. The van der Waals surface area contributed by atoms with Gasteiger partial charge in [0.2, 0.25) is 0 Å². The SMILES string of the molecule is Cc1cc(CN(c2ccccc2Br)S(=O)(=O)N(C)C)nn1C. The summed E-state index contributed by atoms with van der Waals surface area (Å²) in [5, 5.41) is 4.35. The number of benzene rings is 1. The van der Waals surface area contributed by atoms with Crippen molar-refractivity contribution in [1.82, 2.24) is 14.1 Å². The first kappa shape index (κ1) is 17.0. The maximum Gasteiger partial charge on any atom is 0.303 e. The largest absolute Gasteiger partial charge is 0.303 e. The van der Waals surface area contributed by atoms with Crippen LogP contribution in [-0.2, 0) is 23.8 Å². The lowest BCUT2D eigenvalue weighted by atomic mass is 10.3. The van der Waals surface area contributed by atoms with Gasteiger partial charge in [-0.15, -0.1) is 0 Å². The fourth-order valence-electron chi connectivity index (χ4n) is 2.00. The molecule has 0 N–H and O–H groups in total. The molecule has 0 radical (unpaired) electrons. The van der Waals surface area contributed by atoms with Crippen LogP contribution in [0.2, 0.25) is 0 Å². The number of hydrogen-bond acceptors (Lipinski definition) is 3. The van der Waals surface area contributed by atoms with Crippen LogP contribution >= 0.6 is 15.9 Å². The van der Waals surface area contributed by atoms with E-state index in [0.29, 0.717) is 15.9 Å². The van der Waals surface area contributed by atoms with Crippen molar-refractivity contribution in [2.75, 3.05) is 18.4 Å². The van der Waals surface area contributed by atoms with E-state index in [1.54, 1.807) is 10.7 Å². The zero-order valence-corrected chi connectivity index (χ0v) is 15.4. The molecule has 8 heteroatoms. The highest BCUT2D eigenvalue weighted by molar-refractivity contribution is 9.10. The first-order chi connectivity index (χ1) is 10.2. The van der Waals surface area contributed by atoms with E-state index in [1.807, 2.05) is 38.2 Å². The first-order valence-electron chi connectivity index (χ1n) is 6.67. The summed E-state index contributed by atoms with van der Waals surface area (Å²) in [5.41, 5.74) is 2.25. The van der Waals surface area contributed by atoms with E-state index in [9.17, 15) is 8.42 Å². The molecule has 0 aliphatic rings. The monoisotopic (exact) mass is 386 g/mol. The van der Waals surface area contributed by atoms with Crippen LogP contribution in [0.25, 0.3) is 0 Å². The van der Waals surface area contributed by atoms with Gasteiger partial charge in [-0.05, 0) is 41.1 Å². The van der Waals surface area contributed by atoms with Crippen molar-refractivity contribution in [2.45, 2.75) is 13.5 Å². The molecule has 1 aromatic carbocycles. The Morgan fingerprint density at radius 2 is 1.91 bits per heavy atom. The normalized spacial score (nSPS) is 11.9. The maximum absolute atomic E-state index is 12.7. The predicted molar refractivity (Wildman–Crippen MR) is 90.9 cm³/mol. The Bertz CT molecular complexity index is 751. The fourth-order valence-corrected chi connectivity index (χ4v) is 3.72. The molecule has 0 aliphatic heterocycles. The van der Waals surface area contributed by atoms with Crippen molar-refractivity contribution in [2.24, 2.45) is 7.05 Å². The van der Waals surface area contributed by atoms with Crippen molar-refractivity contribution in [3.63, 3.8) is 0 Å². The van der Waals surface area contributed by atoms with Crippen molar-refractivity contribution in [3.05, 3.63) is 46.2 Å². The molecule has 0 unspecified atom stereocenters. The van der Waals surface area contributed by atoms with Crippen molar-refractivity contribution in [3.8, 4) is 0 Å². The third kappa shape index (κ3) is 3.34. The van der Waals surface area contributed by atoms with Gasteiger partial charge in [0.05, 0.1) is 17.9 Å². The van der Waals surface area contributed by atoms with Gasteiger partial charge in [-0.25, -0.2) is 0 Å². The summed E-state index contributed by atoms with van der Waals surface area (Å²) in [6.45, 7) is 2.10. The van der Waals surface area contributed by atoms with Crippen molar-refractivity contribution >= 4 is 31.8 Å². The predicted octanol–water partition coefficient (Wildman–Crippen LogP) is 2.30. The van der Waals surface area contributed by atoms with E-state index in [1.165, 1.54) is 22.7 Å². The highest BCUT2D eigenvalue weighted by atomic mass is 79.9. The second-order valence-corrected chi connectivity index (χ2v) is 8.07. The average Bonchev–Trinajstić information content (AvgIpc) is 2.75. The topological polar surface area (TPSA) is 58.4 Å². The van der Waals surface area contributed by atoms with Crippen LogP contribution in [-0.4, -0.2) is 36.6 Å². The zero-order valence-electron chi connectivity index (χ0n) is 13.0. The zero-order chi connectivity index (χ0) is 16.5. The van der Waals surface area contributed by atoms with E-state index in [-0.39, 0.29) is 6.54 Å². The van der Waals surface area contributed by atoms with Crippen LogP contribution in [0.3, 0.4) is 0 Å². The second kappa shape index (κ2) is 6.39. The molecule has 0 saturated heterocycles. The highest BCUT2D eigenvalue weighted by Gasteiger charge is 2.27. The van der Waals surface area contributed by atoms with Gasteiger partial charge in [-0.3, -0.25) is 8.99 Å². The van der Waals surface area contributed by atoms with E-state index < -0.39 is 10.2 Å². The van der Waals surface area contributed by atoms with Gasteiger partial charge in [-0.2, -0.15) is 17.8 Å². The molecule has 6 nitrogen and oxygen atoms in total. The molecule has 1 heterocycles. The van der Waals surface area contributed by atoms with Gasteiger partial charge in [0, 0.05) is 31.3 Å². The van der Waals surface area contributed by atoms with E-state index in [0.717, 1.165) is 5.69 Å². The number of halogens is 1. The quantitative estimate of drug-likeness (QED) is 0.791. The lowest BCUT2D eigenvalue weighted by molar-refractivity contribution is 0.514. The molecule has 0 amide bonds. The first-order valence-corrected chi connectivity index (χ1v) is 8.86. The average molecular weight is 387 g/mol. The van der Waals surface area contributed by atoms with Crippen LogP contribution in [0.15, 0.2) is 34.8 Å². The minimum atomic E-state index is -3.63. The lowest BCUT2D eigenvalue weighted by Crippen LogP contribution is -2.40. The van der Waals surface area contributed by atoms with E-state index in [2.05, 4.69) is 21.0 Å². The molecule has 2 rings (SSSR count). The Morgan fingerprint density at radius 1 is 1.27 bits per heavy atom. The smallest absolute Gasteiger partial charge is 0.273 e. The Labute approximate surface area is 139 Å². The summed E-state index contributed by atoms with van der Waals surface area (Å²) < 4.78 is 30.3. The number of para-hydroxylation sites is 1. The number of rotatable bonds is 5. The fraction of sp³-hybridized carbons (Fsp3) is 0.357. The summed E-state index contributed by atoms with van der Waals surface area (Å²) in [5.74, 6) is 0. The van der Waals surface area contributed by atoms with Gasteiger partial charge in [0.25, 0.3) is 0 Å². The molecule has 120 valence electrons. The standard InChI is InChI=1S/C14H19BrN4O2S/c1-11-9-12(16-18(11)4)10-19(22(20,21)17(2)3)14-8-6-5-7-13(14)15/h5-9H,10H2,1-4H3. The molecule has 1 aromatic heterocycles. The molecule has 0 bridgehead atoms. The van der Waals surface area contributed by atoms with E-state index in [4.69, 9.17) is 0 Å². The Kier molecular flexibility index (Phi) is 4.93. The summed E-state index contributed by atoms with van der Waals surface area (Å²) >= 11 is 3.42. The third-order valence-corrected chi connectivity index (χ3v) is 5.81. The minimum absolute atomic E-state index is 0.171. The molecule has 0 saturated carbocycles. The number of nitrogens with zero attached hydrogens (tertiary/aromatic N) is 4. The maximum atomic E-state index is 12.7. The Hall–Kier alpha value is -1.38. The molecular formula is C14H19BrN4O2S. The molecule has 0 spiro atoms.